The maximum absolute atomic E-state index is 12.7. The summed E-state index contributed by atoms with van der Waals surface area (Å²) in [5.74, 6) is -0.305. The van der Waals surface area contributed by atoms with E-state index in [-0.39, 0.29) is 5.83 Å². The highest BCUT2D eigenvalue weighted by atomic mass is 19.1. The third kappa shape index (κ3) is 4.48. The zero-order valence-electron chi connectivity index (χ0n) is 6.99. The quantitative estimate of drug-likeness (QED) is 0.538. The fourth-order valence-corrected chi connectivity index (χ4v) is 0.492. The van der Waals surface area contributed by atoms with E-state index in [1.807, 2.05) is 0 Å². The van der Waals surface area contributed by atoms with Gasteiger partial charge in [-0.1, -0.05) is 0 Å². The van der Waals surface area contributed by atoms with Crippen molar-refractivity contribution in [3.05, 3.63) is 35.5 Å². The smallest absolute Gasteiger partial charge is 0.122 e. The molecule has 0 spiro atoms. The Kier molecular flexibility index (Phi) is 4.42. The highest BCUT2D eigenvalue weighted by Gasteiger charge is 1.91. The van der Waals surface area contributed by atoms with Crippen LogP contribution in [0.5, 0.6) is 0 Å². The lowest BCUT2D eigenvalue weighted by atomic mass is 10.2. The highest BCUT2D eigenvalue weighted by Crippen LogP contribution is 2.09. The summed E-state index contributed by atoms with van der Waals surface area (Å²) in [6, 6.07) is 0. The van der Waals surface area contributed by atoms with Crippen molar-refractivity contribution in [2.45, 2.75) is 20.8 Å². The van der Waals surface area contributed by atoms with Crippen LogP contribution in [-0.2, 0) is 0 Å². The largest absolute Gasteiger partial charge is 0.216 e. The van der Waals surface area contributed by atoms with Crippen LogP contribution in [-0.4, -0.2) is 0 Å². The molecule has 0 radical (unpaired) electrons. The van der Waals surface area contributed by atoms with E-state index in [0.717, 1.165) is 0 Å². The van der Waals surface area contributed by atoms with Crippen molar-refractivity contribution in [3.63, 3.8) is 0 Å². The summed E-state index contributed by atoms with van der Waals surface area (Å²) in [5, 5.41) is 0. The Morgan fingerprint density at radius 1 is 1.18 bits per heavy atom. The van der Waals surface area contributed by atoms with Crippen molar-refractivity contribution in [1.82, 2.24) is 0 Å². The van der Waals surface area contributed by atoms with Crippen LogP contribution < -0.4 is 0 Å². The van der Waals surface area contributed by atoms with Crippen LogP contribution in [0.4, 0.5) is 8.78 Å². The van der Waals surface area contributed by atoms with Gasteiger partial charge in [0.2, 0.25) is 0 Å². The molecule has 0 aromatic rings. The van der Waals surface area contributed by atoms with Gasteiger partial charge in [0.25, 0.3) is 0 Å². The Bertz CT molecular complexity index is 206. The third-order valence-electron chi connectivity index (χ3n) is 1.16. The maximum Gasteiger partial charge on any atom is 0.122 e. The molecule has 0 saturated heterocycles. The molecule has 0 fully saturated rings. The van der Waals surface area contributed by atoms with Gasteiger partial charge in [-0.2, -0.15) is 0 Å². The van der Waals surface area contributed by atoms with Crippen LogP contribution in [0, 0.1) is 0 Å². The molecule has 0 aromatic heterocycles. The van der Waals surface area contributed by atoms with Gasteiger partial charge in [0, 0.05) is 0 Å². The first-order valence-corrected chi connectivity index (χ1v) is 3.36. The van der Waals surface area contributed by atoms with Crippen molar-refractivity contribution >= 4 is 0 Å². The standard InChI is InChI=1S/C9H12F2/c1-7(2)9(11)6-8(3)4-5-10/h4-6H,1-3H3/b5-4+,8-6-. The van der Waals surface area contributed by atoms with Crippen molar-refractivity contribution in [2.75, 3.05) is 0 Å². The molecule has 0 N–H and O–H groups in total. The summed E-state index contributed by atoms with van der Waals surface area (Å²) in [5.41, 5.74) is 1.16. The summed E-state index contributed by atoms with van der Waals surface area (Å²) in [6.45, 7) is 4.97. The number of hydrogen-bond acceptors (Lipinski definition) is 0. The lowest BCUT2D eigenvalue weighted by Crippen LogP contribution is -1.74. The average molecular weight is 158 g/mol. The Hall–Kier alpha value is -0.920. The Morgan fingerprint density at radius 3 is 2.09 bits per heavy atom. The minimum atomic E-state index is -0.305. The molecule has 0 nitrogen and oxygen atoms in total. The molecule has 0 amide bonds. The van der Waals surface area contributed by atoms with Gasteiger partial charge < -0.3 is 0 Å². The second-order valence-corrected chi connectivity index (χ2v) is 2.53. The number of halogens is 2. The Labute approximate surface area is 65.9 Å². The second kappa shape index (κ2) is 4.83. The van der Waals surface area contributed by atoms with Gasteiger partial charge in [0.1, 0.15) is 5.83 Å². The monoisotopic (exact) mass is 158 g/mol. The maximum atomic E-state index is 12.7. The van der Waals surface area contributed by atoms with E-state index in [2.05, 4.69) is 0 Å². The molecule has 0 aliphatic heterocycles. The molecule has 0 atom stereocenters. The molecule has 0 aliphatic rings. The molecule has 0 rings (SSSR count). The van der Waals surface area contributed by atoms with E-state index in [1.165, 1.54) is 12.2 Å². The van der Waals surface area contributed by atoms with E-state index in [9.17, 15) is 8.78 Å². The molecule has 0 bridgehead atoms. The lowest BCUT2D eigenvalue weighted by Gasteiger charge is -1.92. The van der Waals surface area contributed by atoms with E-state index in [0.29, 0.717) is 17.5 Å². The van der Waals surface area contributed by atoms with Crippen LogP contribution >= 0.6 is 0 Å². The van der Waals surface area contributed by atoms with Crippen LogP contribution in [0.25, 0.3) is 0 Å². The molecule has 0 heterocycles. The van der Waals surface area contributed by atoms with E-state index >= 15 is 0 Å². The zero-order valence-corrected chi connectivity index (χ0v) is 6.99. The number of hydrogen-bond donors (Lipinski definition) is 0. The SMILES string of the molecule is CC(C)=C(F)/C=C(C)\C=C\F. The van der Waals surface area contributed by atoms with Gasteiger partial charge in [-0.15, -0.1) is 0 Å². The molecule has 0 unspecified atom stereocenters. The van der Waals surface area contributed by atoms with Gasteiger partial charge in [-0.3, -0.25) is 0 Å². The van der Waals surface area contributed by atoms with Crippen molar-refractivity contribution in [2.24, 2.45) is 0 Å². The molecule has 0 aromatic carbocycles. The molecule has 2 heteroatoms. The van der Waals surface area contributed by atoms with Crippen LogP contribution in [0.15, 0.2) is 35.5 Å². The van der Waals surface area contributed by atoms with Crippen molar-refractivity contribution < 1.29 is 8.78 Å². The minimum Gasteiger partial charge on any atom is -0.216 e. The average Bonchev–Trinajstić information content (AvgIpc) is 1.87. The first-order chi connectivity index (χ1) is 5.07. The first-order valence-electron chi connectivity index (χ1n) is 3.36. The Balaban J connectivity index is 4.44. The highest BCUT2D eigenvalue weighted by molar-refractivity contribution is 5.26. The first kappa shape index (κ1) is 10.1. The molecular weight excluding hydrogens is 146 g/mol. The summed E-state index contributed by atoms with van der Waals surface area (Å²) in [7, 11) is 0. The van der Waals surface area contributed by atoms with E-state index < -0.39 is 0 Å². The van der Waals surface area contributed by atoms with E-state index in [1.54, 1.807) is 20.8 Å². The number of allylic oxidation sites excluding steroid dienone is 5. The van der Waals surface area contributed by atoms with Gasteiger partial charge in [-0.25, -0.2) is 8.78 Å². The molecular formula is C9H12F2. The van der Waals surface area contributed by atoms with Gasteiger partial charge >= 0.3 is 0 Å². The Morgan fingerprint density at radius 2 is 1.73 bits per heavy atom. The predicted octanol–water partition coefficient (Wildman–Crippen LogP) is 3.68. The van der Waals surface area contributed by atoms with Crippen molar-refractivity contribution in [3.8, 4) is 0 Å². The topological polar surface area (TPSA) is 0 Å². The van der Waals surface area contributed by atoms with E-state index in [4.69, 9.17) is 0 Å². The predicted molar refractivity (Wildman–Crippen MR) is 43.5 cm³/mol. The summed E-state index contributed by atoms with van der Waals surface area (Å²) in [6.07, 6.45) is 2.90. The molecule has 0 aliphatic carbocycles. The van der Waals surface area contributed by atoms with Crippen LogP contribution in [0.2, 0.25) is 0 Å². The van der Waals surface area contributed by atoms with Crippen molar-refractivity contribution in [1.29, 1.82) is 0 Å². The third-order valence-corrected chi connectivity index (χ3v) is 1.16. The molecule has 62 valence electrons. The summed E-state index contributed by atoms with van der Waals surface area (Å²) >= 11 is 0. The molecule has 0 saturated carbocycles. The summed E-state index contributed by atoms with van der Waals surface area (Å²) in [4.78, 5) is 0. The zero-order chi connectivity index (χ0) is 8.85. The second-order valence-electron chi connectivity index (χ2n) is 2.53. The van der Waals surface area contributed by atoms with Crippen LogP contribution in [0.3, 0.4) is 0 Å². The van der Waals surface area contributed by atoms with Gasteiger partial charge in [0.15, 0.2) is 0 Å². The lowest BCUT2D eigenvalue weighted by molar-refractivity contribution is 0.653. The summed E-state index contributed by atoms with van der Waals surface area (Å²) < 4.78 is 24.3. The fraction of sp³-hybridized carbons (Fsp3) is 0.333. The van der Waals surface area contributed by atoms with Gasteiger partial charge in [0.05, 0.1) is 6.33 Å². The van der Waals surface area contributed by atoms with Gasteiger partial charge in [-0.05, 0) is 44.1 Å². The minimum absolute atomic E-state index is 0.305. The number of rotatable bonds is 2. The normalized spacial score (nSPS) is 12.3. The molecule has 11 heavy (non-hydrogen) atoms. The fourth-order valence-electron chi connectivity index (χ4n) is 0.492. The van der Waals surface area contributed by atoms with Crippen LogP contribution in [0.1, 0.15) is 20.8 Å².